The molecule has 0 aliphatic heterocycles. The van der Waals surface area contributed by atoms with Gasteiger partial charge in [0.1, 0.15) is 0 Å². The van der Waals surface area contributed by atoms with Gasteiger partial charge in [-0.2, -0.15) is 11.3 Å². The van der Waals surface area contributed by atoms with Crippen molar-refractivity contribution in [3.63, 3.8) is 0 Å². The fraction of sp³-hybridized carbons (Fsp3) is 0.333. The van der Waals surface area contributed by atoms with E-state index in [0.29, 0.717) is 6.04 Å². The van der Waals surface area contributed by atoms with Gasteiger partial charge < -0.3 is 5.32 Å². The van der Waals surface area contributed by atoms with Crippen molar-refractivity contribution in [3.05, 3.63) is 44.8 Å². The van der Waals surface area contributed by atoms with Crippen LogP contribution in [0.2, 0.25) is 0 Å². The summed E-state index contributed by atoms with van der Waals surface area (Å²) < 4.78 is 0. The van der Waals surface area contributed by atoms with Crippen LogP contribution in [0.1, 0.15) is 22.9 Å². The van der Waals surface area contributed by atoms with Crippen molar-refractivity contribution in [2.24, 2.45) is 0 Å². The average Bonchev–Trinajstić information content (AvgIpc) is 2.90. The minimum atomic E-state index is 0.505. The highest BCUT2D eigenvalue weighted by Crippen LogP contribution is 2.23. The fourth-order valence-electron chi connectivity index (χ4n) is 1.66. The molecule has 1 nitrogen and oxygen atoms in total. The summed E-state index contributed by atoms with van der Waals surface area (Å²) in [6.07, 6.45) is 2.33. The van der Waals surface area contributed by atoms with Crippen LogP contribution in [0.15, 0.2) is 34.3 Å². The van der Waals surface area contributed by atoms with Gasteiger partial charge in [-0.3, -0.25) is 0 Å². The minimum absolute atomic E-state index is 0.505. The summed E-state index contributed by atoms with van der Waals surface area (Å²) in [5.41, 5.74) is 1.46. The average molecular weight is 237 g/mol. The second-order valence-corrected chi connectivity index (χ2v) is 5.29. The number of rotatable bonds is 5. The standard InChI is InChI=1S/C12H15NS2/c1-13-11(12-3-2-7-15-12)5-4-10-6-8-14-9-10/h2-3,6-9,11,13H,4-5H2,1H3. The first-order chi connectivity index (χ1) is 7.40. The summed E-state index contributed by atoms with van der Waals surface area (Å²) in [4.78, 5) is 1.44. The van der Waals surface area contributed by atoms with Crippen LogP contribution < -0.4 is 5.32 Å². The zero-order valence-electron chi connectivity index (χ0n) is 8.77. The maximum absolute atomic E-state index is 3.38. The Hall–Kier alpha value is -0.640. The molecule has 1 atom stereocenters. The number of aryl methyl sites for hydroxylation is 1. The Morgan fingerprint density at radius 2 is 2.27 bits per heavy atom. The summed E-state index contributed by atoms with van der Waals surface area (Å²) in [7, 11) is 2.04. The Bertz CT molecular complexity index is 364. The smallest absolute Gasteiger partial charge is 0.0415 e. The molecule has 0 aliphatic carbocycles. The van der Waals surface area contributed by atoms with E-state index in [4.69, 9.17) is 0 Å². The van der Waals surface area contributed by atoms with Crippen molar-refractivity contribution in [2.75, 3.05) is 7.05 Å². The zero-order chi connectivity index (χ0) is 10.5. The lowest BCUT2D eigenvalue weighted by Crippen LogP contribution is -2.15. The molecule has 1 unspecified atom stereocenters. The molecule has 0 fully saturated rings. The molecule has 2 aromatic rings. The zero-order valence-corrected chi connectivity index (χ0v) is 10.4. The molecule has 3 heteroatoms. The normalized spacial score (nSPS) is 12.9. The van der Waals surface area contributed by atoms with Crippen LogP contribution in [0.4, 0.5) is 0 Å². The fourth-order valence-corrected chi connectivity index (χ4v) is 3.24. The maximum atomic E-state index is 3.38. The summed E-state index contributed by atoms with van der Waals surface area (Å²) >= 11 is 3.61. The van der Waals surface area contributed by atoms with E-state index >= 15 is 0 Å². The number of nitrogens with one attached hydrogen (secondary N) is 1. The van der Waals surface area contributed by atoms with Crippen LogP contribution in [0.3, 0.4) is 0 Å². The van der Waals surface area contributed by atoms with Gasteiger partial charge in [-0.1, -0.05) is 6.07 Å². The maximum Gasteiger partial charge on any atom is 0.0415 e. The first-order valence-electron chi connectivity index (χ1n) is 5.12. The molecular formula is C12H15NS2. The number of hydrogen-bond donors (Lipinski definition) is 1. The molecule has 15 heavy (non-hydrogen) atoms. The molecule has 0 saturated heterocycles. The number of hydrogen-bond acceptors (Lipinski definition) is 3. The first kappa shape index (κ1) is 10.9. The van der Waals surface area contributed by atoms with Gasteiger partial charge in [-0.25, -0.2) is 0 Å². The van der Waals surface area contributed by atoms with Gasteiger partial charge in [-0.05, 0) is 53.7 Å². The third-order valence-corrected chi connectivity index (χ3v) is 4.25. The van der Waals surface area contributed by atoms with Crippen LogP contribution in [0.25, 0.3) is 0 Å². The topological polar surface area (TPSA) is 12.0 Å². The lowest BCUT2D eigenvalue weighted by atomic mass is 10.1. The van der Waals surface area contributed by atoms with Gasteiger partial charge in [0, 0.05) is 10.9 Å². The van der Waals surface area contributed by atoms with E-state index < -0.39 is 0 Å². The molecule has 0 aromatic carbocycles. The van der Waals surface area contributed by atoms with E-state index in [-0.39, 0.29) is 0 Å². The molecule has 1 N–H and O–H groups in total. The predicted molar refractivity (Wildman–Crippen MR) is 68.8 cm³/mol. The Labute approximate surface area is 98.8 Å². The van der Waals surface area contributed by atoms with E-state index in [2.05, 4.69) is 39.7 Å². The summed E-state index contributed by atoms with van der Waals surface area (Å²) in [5, 5.41) is 9.91. The van der Waals surface area contributed by atoms with Crippen molar-refractivity contribution in [1.82, 2.24) is 5.32 Å². The van der Waals surface area contributed by atoms with E-state index in [1.165, 1.54) is 16.9 Å². The summed E-state index contributed by atoms with van der Waals surface area (Å²) in [6.45, 7) is 0. The largest absolute Gasteiger partial charge is 0.312 e. The second kappa shape index (κ2) is 5.45. The molecule has 80 valence electrons. The van der Waals surface area contributed by atoms with Gasteiger partial charge in [0.05, 0.1) is 0 Å². The Balaban J connectivity index is 1.92. The van der Waals surface area contributed by atoms with Crippen molar-refractivity contribution >= 4 is 22.7 Å². The van der Waals surface area contributed by atoms with Crippen LogP contribution in [0, 0.1) is 0 Å². The van der Waals surface area contributed by atoms with E-state index in [0.717, 1.165) is 6.42 Å². The molecule has 0 aliphatic rings. The lowest BCUT2D eigenvalue weighted by Gasteiger charge is -2.13. The molecule has 0 amide bonds. The molecule has 0 spiro atoms. The lowest BCUT2D eigenvalue weighted by molar-refractivity contribution is 0.558. The molecule has 0 saturated carbocycles. The molecule has 2 aromatic heterocycles. The van der Waals surface area contributed by atoms with Gasteiger partial charge in [0.2, 0.25) is 0 Å². The quantitative estimate of drug-likeness (QED) is 0.836. The first-order valence-corrected chi connectivity index (χ1v) is 6.94. The molecule has 0 bridgehead atoms. The van der Waals surface area contributed by atoms with E-state index in [1.807, 2.05) is 18.4 Å². The van der Waals surface area contributed by atoms with Crippen LogP contribution in [-0.2, 0) is 6.42 Å². The van der Waals surface area contributed by atoms with Crippen LogP contribution in [-0.4, -0.2) is 7.05 Å². The third kappa shape index (κ3) is 2.91. The monoisotopic (exact) mass is 237 g/mol. The highest BCUT2D eigenvalue weighted by molar-refractivity contribution is 7.10. The summed E-state index contributed by atoms with van der Waals surface area (Å²) in [5.74, 6) is 0. The summed E-state index contributed by atoms with van der Waals surface area (Å²) in [6, 6.07) is 7.05. The molecule has 0 radical (unpaired) electrons. The number of thiophene rings is 2. The Morgan fingerprint density at radius 3 is 2.87 bits per heavy atom. The van der Waals surface area contributed by atoms with Crippen molar-refractivity contribution in [2.45, 2.75) is 18.9 Å². The Morgan fingerprint density at radius 1 is 1.33 bits per heavy atom. The van der Waals surface area contributed by atoms with E-state index in [1.54, 1.807) is 11.3 Å². The SMILES string of the molecule is CNC(CCc1ccsc1)c1cccs1. The minimum Gasteiger partial charge on any atom is -0.312 e. The van der Waals surface area contributed by atoms with Crippen molar-refractivity contribution < 1.29 is 0 Å². The molecule has 2 rings (SSSR count). The van der Waals surface area contributed by atoms with Gasteiger partial charge >= 0.3 is 0 Å². The highest BCUT2D eigenvalue weighted by Gasteiger charge is 2.09. The van der Waals surface area contributed by atoms with Crippen LogP contribution >= 0.6 is 22.7 Å². The van der Waals surface area contributed by atoms with Gasteiger partial charge in [0.25, 0.3) is 0 Å². The highest BCUT2D eigenvalue weighted by atomic mass is 32.1. The predicted octanol–water partition coefficient (Wildman–Crippen LogP) is 3.70. The van der Waals surface area contributed by atoms with Crippen molar-refractivity contribution in [1.29, 1.82) is 0 Å². The third-order valence-electron chi connectivity index (χ3n) is 2.54. The molecule has 2 heterocycles. The van der Waals surface area contributed by atoms with Crippen LogP contribution in [0.5, 0.6) is 0 Å². The molecular weight excluding hydrogens is 222 g/mol. The second-order valence-electron chi connectivity index (χ2n) is 3.53. The van der Waals surface area contributed by atoms with Crippen molar-refractivity contribution in [3.8, 4) is 0 Å². The Kier molecular flexibility index (Phi) is 3.94. The van der Waals surface area contributed by atoms with Gasteiger partial charge in [-0.15, -0.1) is 11.3 Å². The van der Waals surface area contributed by atoms with E-state index in [9.17, 15) is 0 Å². The van der Waals surface area contributed by atoms with Gasteiger partial charge in [0.15, 0.2) is 0 Å².